The van der Waals surface area contributed by atoms with Crippen LogP contribution in [0.4, 0.5) is 5.82 Å². The number of pyridine rings is 1. The molecule has 1 aliphatic carbocycles. The van der Waals surface area contributed by atoms with Gasteiger partial charge in [-0.25, -0.2) is 4.98 Å². The third kappa shape index (κ3) is 2.42. The Kier molecular flexibility index (Phi) is 2.76. The Morgan fingerprint density at radius 1 is 1.59 bits per heavy atom. The molecule has 2 heterocycles. The van der Waals surface area contributed by atoms with Crippen molar-refractivity contribution in [2.45, 2.75) is 25.0 Å². The summed E-state index contributed by atoms with van der Waals surface area (Å²) in [5, 5.41) is 6.03. The van der Waals surface area contributed by atoms with Gasteiger partial charge in [0.2, 0.25) is 0 Å². The van der Waals surface area contributed by atoms with Gasteiger partial charge in [-0.05, 0) is 34.8 Å². The maximum Gasteiger partial charge on any atom is 0.268 e. The van der Waals surface area contributed by atoms with E-state index < -0.39 is 6.10 Å². The second kappa shape index (κ2) is 4.27. The van der Waals surface area contributed by atoms with E-state index in [4.69, 9.17) is 4.74 Å². The summed E-state index contributed by atoms with van der Waals surface area (Å²) in [5.41, 5.74) is 0. The number of hydrogen-bond acceptors (Lipinski definition) is 4. The van der Waals surface area contributed by atoms with E-state index in [0.717, 1.165) is 4.47 Å². The molecular weight excluding hydrogens is 286 g/mol. The number of amides is 1. The van der Waals surface area contributed by atoms with Gasteiger partial charge in [-0.15, -0.1) is 0 Å². The third-order valence-electron chi connectivity index (χ3n) is 2.79. The first kappa shape index (κ1) is 11.0. The zero-order valence-electron chi connectivity index (χ0n) is 9.07. The molecule has 1 amide bonds. The predicted molar refractivity (Wildman–Crippen MR) is 66.0 cm³/mol. The van der Waals surface area contributed by atoms with Gasteiger partial charge in [0.25, 0.3) is 5.91 Å². The molecule has 1 atom stereocenters. The fraction of sp³-hybridized carbons (Fsp3) is 0.455. The van der Waals surface area contributed by atoms with Gasteiger partial charge in [-0.1, -0.05) is 0 Å². The monoisotopic (exact) mass is 297 g/mol. The molecule has 0 aromatic carbocycles. The Morgan fingerprint density at radius 2 is 2.41 bits per heavy atom. The van der Waals surface area contributed by atoms with E-state index in [2.05, 4.69) is 31.5 Å². The van der Waals surface area contributed by atoms with E-state index in [-0.39, 0.29) is 5.91 Å². The lowest BCUT2D eigenvalue weighted by Crippen LogP contribution is -2.44. The Hall–Kier alpha value is -1.14. The van der Waals surface area contributed by atoms with Gasteiger partial charge in [0.1, 0.15) is 0 Å². The molecule has 5 nitrogen and oxygen atoms in total. The minimum Gasteiger partial charge on any atom is -0.475 e. The van der Waals surface area contributed by atoms with Gasteiger partial charge in [0.15, 0.2) is 17.7 Å². The summed E-state index contributed by atoms with van der Waals surface area (Å²) in [6.07, 6.45) is 3.54. The van der Waals surface area contributed by atoms with E-state index in [1.165, 1.54) is 12.8 Å². The van der Waals surface area contributed by atoms with Crippen LogP contribution < -0.4 is 15.4 Å². The van der Waals surface area contributed by atoms with Crippen molar-refractivity contribution < 1.29 is 9.53 Å². The maximum atomic E-state index is 11.7. The highest BCUT2D eigenvalue weighted by molar-refractivity contribution is 9.10. The van der Waals surface area contributed by atoms with Gasteiger partial charge in [-0.2, -0.15) is 0 Å². The molecule has 1 aromatic rings. The standard InChI is InChI=1S/C11H12BrN3O2/c12-6-3-8-10(14-4-6)15-11(16)9(17-8)5-13-7-1-2-7/h3-4,7,9,13H,1-2,5H2,(H,14,15,16). The number of halogens is 1. The summed E-state index contributed by atoms with van der Waals surface area (Å²) >= 11 is 3.33. The molecule has 1 fully saturated rings. The molecule has 0 bridgehead atoms. The van der Waals surface area contributed by atoms with E-state index in [9.17, 15) is 4.79 Å². The number of nitrogens with one attached hydrogen (secondary N) is 2. The van der Waals surface area contributed by atoms with Gasteiger partial charge in [0, 0.05) is 23.3 Å². The van der Waals surface area contributed by atoms with Crippen molar-refractivity contribution in [2.24, 2.45) is 0 Å². The van der Waals surface area contributed by atoms with Crippen LogP contribution in [-0.2, 0) is 4.79 Å². The largest absolute Gasteiger partial charge is 0.475 e. The molecule has 0 saturated heterocycles. The molecule has 1 unspecified atom stereocenters. The van der Waals surface area contributed by atoms with Crippen molar-refractivity contribution in [1.82, 2.24) is 10.3 Å². The predicted octanol–water partition coefficient (Wildman–Crippen LogP) is 1.30. The minimum atomic E-state index is -0.473. The van der Waals surface area contributed by atoms with Gasteiger partial charge < -0.3 is 15.4 Å². The van der Waals surface area contributed by atoms with E-state index in [1.807, 2.05) is 6.07 Å². The second-order valence-corrected chi connectivity index (χ2v) is 5.19. The highest BCUT2D eigenvalue weighted by Gasteiger charge is 2.30. The van der Waals surface area contributed by atoms with Crippen LogP contribution in [0.5, 0.6) is 5.75 Å². The lowest BCUT2D eigenvalue weighted by atomic mass is 10.2. The Morgan fingerprint density at radius 3 is 3.18 bits per heavy atom. The Balaban J connectivity index is 1.73. The van der Waals surface area contributed by atoms with Crippen molar-refractivity contribution in [1.29, 1.82) is 0 Å². The molecule has 0 radical (unpaired) electrons. The fourth-order valence-corrected chi connectivity index (χ4v) is 2.01. The summed E-state index contributed by atoms with van der Waals surface area (Å²) in [5.74, 6) is 0.961. The number of nitrogens with zero attached hydrogens (tertiary/aromatic N) is 1. The van der Waals surface area contributed by atoms with Gasteiger partial charge >= 0.3 is 0 Å². The first-order valence-electron chi connectivity index (χ1n) is 5.59. The van der Waals surface area contributed by atoms with Crippen LogP contribution in [0, 0.1) is 0 Å². The molecule has 90 valence electrons. The number of aromatic nitrogens is 1. The van der Waals surface area contributed by atoms with Crippen LogP contribution in [0.2, 0.25) is 0 Å². The van der Waals surface area contributed by atoms with Crippen LogP contribution in [-0.4, -0.2) is 29.6 Å². The average Bonchev–Trinajstić information content (AvgIpc) is 3.11. The highest BCUT2D eigenvalue weighted by Crippen LogP contribution is 2.30. The number of rotatable bonds is 3. The number of hydrogen-bond donors (Lipinski definition) is 2. The van der Waals surface area contributed by atoms with Crippen molar-refractivity contribution in [3.8, 4) is 5.75 Å². The second-order valence-electron chi connectivity index (χ2n) is 4.28. The quantitative estimate of drug-likeness (QED) is 0.883. The molecule has 1 aromatic heterocycles. The summed E-state index contributed by atoms with van der Waals surface area (Å²) in [6.45, 7) is 0.544. The lowest BCUT2D eigenvalue weighted by Gasteiger charge is -2.25. The smallest absolute Gasteiger partial charge is 0.268 e. The van der Waals surface area contributed by atoms with E-state index in [0.29, 0.717) is 24.2 Å². The number of fused-ring (bicyclic) bond motifs is 1. The van der Waals surface area contributed by atoms with Crippen LogP contribution in [0.25, 0.3) is 0 Å². The summed E-state index contributed by atoms with van der Waals surface area (Å²) in [6, 6.07) is 2.37. The van der Waals surface area contributed by atoms with E-state index >= 15 is 0 Å². The molecule has 3 rings (SSSR count). The van der Waals surface area contributed by atoms with Crippen molar-refractivity contribution in [2.75, 3.05) is 11.9 Å². The summed E-state index contributed by atoms with van der Waals surface area (Å²) < 4.78 is 6.47. The van der Waals surface area contributed by atoms with Crippen LogP contribution >= 0.6 is 15.9 Å². The van der Waals surface area contributed by atoms with E-state index in [1.54, 1.807) is 6.20 Å². The molecule has 6 heteroatoms. The minimum absolute atomic E-state index is 0.138. The average molecular weight is 298 g/mol. The van der Waals surface area contributed by atoms with Crippen LogP contribution in [0.3, 0.4) is 0 Å². The molecule has 1 saturated carbocycles. The molecule has 0 spiro atoms. The van der Waals surface area contributed by atoms with Crippen LogP contribution in [0.1, 0.15) is 12.8 Å². The number of ether oxygens (including phenoxy) is 1. The van der Waals surface area contributed by atoms with Crippen molar-refractivity contribution in [3.63, 3.8) is 0 Å². The number of anilines is 1. The maximum absolute atomic E-state index is 11.7. The molecule has 1 aliphatic heterocycles. The zero-order valence-corrected chi connectivity index (χ0v) is 10.7. The molecule has 17 heavy (non-hydrogen) atoms. The SMILES string of the molecule is O=C1Nc2ncc(Br)cc2OC1CNC1CC1. The van der Waals surface area contributed by atoms with Crippen LogP contribution in [0.15, 0.2) is 16.7 Å². The number of carbonyl (C=O) groups is 1. The fourth-order valence-electron chi connectivity index (χ4n) is 1.70. The van der Waals surface area contributed by atoms with Crippen molar-refractivity contribution in [3.05, 3.63) is 16.7 Å². The molecule has 2 N–H and O–H groups in total. The summed E-state index contributed by atoms with van der Waals surface area (Å²) in [7, 11) is 0. The Labute approximate surface area is 107 Å². The summed E-state index contributed by atoms with van der Waals surface area (Å²) in [4.78, 5) is 15.8. The number of carbonyl (C=O) groups excluding carboxylic acids is 1. The molecular formula is C11H12BrN3O2. The third-order valence-corrected chi connectivity index (χ3v) is 3.23. The first-order chi connectivity index (χ1) is 8.22. The van der Waals surface area contributed by atoms with Gasteiger partial charge in [0.05, 0.1) is 0 Å². The normalized spacial score (nSPS) is 22.6. The first-order valence-corrected chi connectivity index (χ1v) is 6.38. The zero-order chi connectivity index (χ0) is 11.8. The Bertz CT molecular complexity index is 462. The van der Waals surface area contributed by atoms with Crippen molar-refractivity contribution >= 4 is 27.7 Å². The van der Waals surface area contributed by atoms with Gasteiger partial charge in [-0.3, -0.25) is 4.79 Å². The topological polar surface area (TPSA) is 63.2 Å². The molecule has 2 aliphatic rings. The lowest BCUT2D eigenvalue weighted by molar-refractivity contribution is -0.123. The highest BCUT2D eigenvalue weighted by atomic mass is 79.9.